The minimum absolute atomic E-state index is 0.00554. The van der Waals surface area contributed by atoms with Crippen LogP contribution in [0.1, 0.15) is 16.8 Å². The van der Waals surface area contributed by atoms with E-state index >= 15 is 0 Å². The van der Waals surface area contributed by atoms with Crippen molar-refractivity contribution in [2.45, 2.75) is 6.42 Å². The fourth-order valence-electron chi connectivity index (χ4n) is 2.83. The highest BCUT2D eigenvalue weighted by Gasteiger charge is 2.22. The first-order valence-electron chi connectivity index (χ1n) is 7.95. The first kappa shape index (κ1) is 17.3. The number of anilines is 1. The highest BCUT2D eigenvalue weighted by atomic mass is 79.9. The van der Waals surface area contributed by atoms with Crippen LogP contribution >= 0.6 is 15.9 Å². The van der Waals surface area contributed by atoms with Gasteiger partial charge < -0.3 is 9.80 Å². The minimum atomic E-state index is -0.461. The molecule has 3 rings (SSSR count). The predicted molar refractivity (Wildman–Crippen MR) is 97.8 cm³/mol. The maximum absolute atomic E-state index is 12.7. The molecule has 1 aliphatic heterocycles. The van der Waals surface area contributed by atoms with E-state index in [0.717, 1.165) is 17.4 Å². The van der Waals surface area contributed by atoms with E-state index in [0.29, 0.717) is 31.0 Å². The van der Waals surface area contributed by atoms with Gasteiger partial charge in [0.25, 0.3) is 11.6 Å². The number of aromatic nitrogens is 1. The van der Waals surface area contributed by atoms with Crippen molar-refractivity contribution in [1.29, 1.82) is 0 Å². The number of halogens is 1. The molecule has 2 aromatic rings. The van der Waals surface area contributed by atoms with Crippen LogP contribution in [0.5, 0.6) is 0 Å². The normalized spacial score (nSPS) is 14.9. The molecule has 2 heterocycles. The van der Waals surface area contributed by atoms with Gasteiger partial charge in [-0.3, -0.25) is 14.9 Å². The van der Waals surface area contributed by atoms with Gasteiger partial charge in [-0.05, 0) is 40.5 Å². The van der Waals surface area contributed by atoms with E-state index in [2.05, 4.69) is 25.8 Å². The molecule has 0 aliphatic carbocycles. The van der Waals surface area contributed by atoms with Gasteiger partial charge in [0.05, 0.1) is 10.5 Å². The summed E-state index contributed by atoms with van der Waals surface area (Å²) in [6.45, 7) is 2.65. The molecule has 130 valence electrons. The second-order valence-corrected chi connectivity index (χ2v) is 6.60. The lowest BCUT2D eigenvalue weighted by Gasteiger charge is -2.23. The van der Waals surface area contributed by atoms with E-state index in [1.165, 1.54) is 12.3 Å². The average Bonchev–Trinajstić information content (AvgIpc) is 2.88. The standard InChI is InChI=1S/C17H17BrN4O3/c18-15-5-2-1-4-14(15)17(23)21-9-3-8-20(10-11-21)16-7-6-13(12-19-16)22(24)25/h1-2,4-7,12H,3,8-11H2. The SMILES string of the molecule is O=C(c1ccccc1Br)N1CCCN(c2ccc([N+](=O)[O-])cn2)CC1. The van der Waals surface area contributed by atoms with Gasteiger partial charge in [-0.2, -0.15) is 0 Å². The van der Waals surface area contributed by atoms with Crippen LogP contribution in [0.15, 0.2) is 47.1 Å². The maximum atomic E-state index is 12.7. The van der Waals surface area contributed by atoms with Crippen LogP contribution in [0.3, 0.4) is 0 Å². The Kier molecular flexibility index (Phi) is 5.28. The van der Waals surface area contributed by atoms with E-state index < -0.39 is 4.92 Å². The quantitative estimate of drug-likeness (QED) is 0.579. The molecule has 0 atom stereocenters. The molecule has 0 N–H and O–H groups in total. The first-order chi connectivity index (χ1) is 12.1. The summed E-state index contributed by atoms with van der Waals surface area (Å²) in [6.07, 6.45) is 2.08. The second kappa shape index (κ2) is 7.60. The molecule has 1 saturated heterocycles. The fraction of sp³-hybridized carbons (Fsp3) is 0.294. The molecule has 1 aliphatic rings. The number of benzene rings is 1. The highest BCUT2D eigenvalue weighted by molar-refractivity contribution is 9.10. The Labute approximate surface area is 153 Å². The summed E-state index contributed by atoms with van der Waals surface area (Å²) in [4.78, 5) is 31.1. The molecule has 8 heteroatoms. The Bertz CT molecular complexity index is 782. The Morgan fingerprint density at radius 2 is 1.92 bits per heavy atom. The number of hydrogen-bond acceptors (Lipinski definition) is 5. The van der Waals surface area contributed by atoms with Crippen molar-refractivity contribution in [3.05, 3.63) is 62.7 Å². The molecular formula is C17H17BrN4O3. The molecule has 0 saturated carbocycles. The molecule has 0 radical (unpaired) electrons. The van der Waals surface area contributed by atoms with E-state index in [1.807, 2.05) is 29.2 Å². The molecule has 0 spiro atoms. The second-order valence-electron chi connectivity index (χ2n) is 5.74. The number of carbonyl (C=O) groups excluding carboxylic acids is 1. The van der Waals surface area contributed by atoms with Gasteiger partial charge in [0.1, 0.15) is 12.0 Å². The highest BCUT2D eigenvalue weighted by Crippen LogP contribution is 2.21. The summed E-state index contributed by atoms with van der Waals surface area (Å²) in [5, 5.41) is 10.7. The number of pyridine rings is 1. The van der Waals surface area contributed by atoms with Crippen molar-refractivity contribution in [3.8, 4) is 0 Å². The molecule has 0 unspecified atom stereocenters. The smallest absolute Gasteiger partial charge is 0.287 e. The van der Waals surface area contributed by atoms with E-state index in [4.69, 9.17) is 0 Å². The van der Waals surface area contributed by atoms with Gasteiger partial charge in [-0.25, -0.2) is 4.98 Å². The van der Waals surface area contributed by atoms with Crippen molar-refractivity contribution < 1.29 is 9.72 Å². The Hall–Kier alpha value is -2.48. The number of nitrogens with zero attached hydrogens (tertiary/aromatic N) is 4. The van der Waals surface area contributed by atoms with Crippen molar-refractivity contribution in [2.24, 2.45) is 0 Å². The molecule has 1 aromatic heterocycles. The molecule has 7 nitrogen and oxygen atoms in total. The van der Waals surface area contributed by atoms with Crippen LogP contribution in [0, 0.1) is 10.1 Å². The number of carbonyl (C=O) groups is 1. The van der Waals surface area contributed by atoms with Crippen LogP contribution in [0.4, 0.5) is 11.5 Å². The van der Waals surface area contributed by atoms with Gasteiger partial charge in [0, 0.05) is 36.7 Å². The third-order valence-electron chi connectivity index (χ3n) is 4.15. The summed E-state index contributed by atoms with van der Waals surface area (Å²) >= 11 is 3.43. The van der Waals surface area contributed by atoms with Gasteiger partial charge >= 0.3 is 0 Å². The molecule has 0 bridgehead atoms. The van der Waals surface area contributed by atoms with Gasteiger partial charge in [-0.15, -0.1) is 0 Å². The summed E-state index contributed by atoms with van der Waals surface area (Å²) < 4.78 is 0.790. The molecule has 1 fully saturated rings. The Morgan fingerprint density at radius 1 is 1.12 bits per heavy atom. The molecular weight excluding hydrogens is 388 g/mol. The van der Waals surface area contributed by atoms with E-state index in [-0.39, 0.29) is 11.6 Å². The van der Waals surface area contributed by atoms with E-state index in [1.54, 1.807) is 6.07 Å². The fourth-order valence-corrected chi connectivity index (χ4v) is 3.28. The minimum Gasteiger partial charge on any atom is -0.355 e. The van der Waals surface area contributed by atoms with Crippen molar-refractivity contribution in [2.75, 3.05) is 31.1 Å². The molecule has 1 amide bonds. The lowest BCUT2D eigenvalue weighted by atomic mass is 10.2. The van der Waals surface area contributed by atoms with Crippen LogP contribution in [0.25, 0.3) is 0 Å². The third-order valence-corrected chi connectivity index (χ3v) is 4.85. The summed E-state index contributed by atoms with van der Waals surface area (Å²) in [5.41, 5.74) is 0.633. The summed E-state index contributed by atoms with van der Waals surface area (Å²) in [6, 6.07) is 10.5. The van der Waals surface area contributed by atoms with Gasteiger partial charge in [0.15, 0.2) is 0 Å². The van der Waals surface area contributed by atoms with Gasteiger partial charge in [0.2, 0.25) is 0 Å². The van der Waals surface area contributed by atoms with Gasteiger partial charge in [-0.1, -0.05) is 12.1 Å². The number of hydrogen-bond donors (Lipinski definition) is 0. The van der Waals surface area contributed by atoms with Crippen LogP contribution in [-0.4, -0.2) is 46.9 Å². The number of amides is 1. The van der Waals surface area contributed by atoms with Crippen molar-refractivity contribution in [3.63, 3.8) is 0 Å². The number of rotatable bonds is 3. The zero-order valence-corrected chi connectivity index (χ0v) is 15.1. The maximum Gasteiger partial charge on any atom is 0.287 e. The third kappa shape index (κ3) is 3.96. The van der Waals surface area contributed by atoms with Crippen LogP contribution in [-0.2, 0) is 0 Å². The topological polar surface area (TPSA) is 79.6 Å². The molecule has 25 heavy (non-hydrogen) atoms. The zero-order valence-electron chi connectivity index (χ0n) is 13.5. The summed E-state index contributed by atoms with van der Waals surface area (Å²) in [7, 11) is 0. The largest absolute Gasteiger partial charge is 0.355 e. The Morgan fingerprint density at radius 3 is 2.60 bits per heavy atom. The zero-order chi connectivity index (χ0) is 17.8. The first-order valence-corrected chi connectivity index (χ1v) is 8.75. The van der Waals surface area contributed by atoms with Crippen LogP contribution in [0.2, 0.25) is 0 Å². The van der Waals surface area contributed by atoms with Crippen molar-refractivity contribution >= 4 is 33.3 Å². The molecule has 1 aromatic carbocycles. The number of nitro groups is 1. The summed E-state index contributed by atoms with van der Waals surface area (Å²) in [5.74, 6) is 0.701. The Balaban J connectivity index is 1.69. The van der Waals surface area contributed by atoms with Crippen molar-refractivity contribution in [1.82, 2.24) is 9.88 Å². The lowest BCUT2D eigenvalue weighted by molar-refractivity contribution is -0.385. The predicted octanol–water partition coefficient (Wildman–Crippen LogP) is 3.10. The monoisotopic (exact) mass is 404 g/mol. The van der Waals surface area contributed by atoms with E-state index in [9.17, 15) is 14.9 Å². The average molecular weight is 405 g/mol. The van der Waals surface area contributed by atoms with Crippen LogP contribution < -0.4 is 4.90 Å². The lowest BCUT2D eigenvalue weighted by Crippen LogP contribution is -2.35.